The van der Waals surface area contributed by atoms with Gasteiger partial charge in [0.25, 0.3) is 0 Å². The summed E-state index contributed by atoms with van der Waals surface area (Å²) < 4.78 is 5.52. The lowest BCUT2D eigenvalue weighted by Gasteiger charge is -2.42. The van der Waals surface area contributed by atoms with Crippen molar-refractivity contribution >= 4 is 11.6 Å². The van der Waals surface area contributed by atoms with E-state index >= 15 is 0 Å². The zero-order valence-corrected chi connectivity index (χ0v) is 12.5. The predicted octanol–water partition coefficient (Wildman–Crippen LogP) is 2.53. The van der Waals surface area contributed by atoms with Crippen molar-refractivity contribution in [1.82, 2.24) is 4.90 Å². The number of nitrogens with two attached hydrogens (primary N) is 1. The van der Waals surface area contributed by atoms with Gasteiger partial charge in [-0.2, -0.15) is 0 Å². The van der Waals surface area contributed by atoms with Crippen LogP contribution in [0.15, 0.2) is 24.3 Å². The van der Waals surface area contributed by atoms with Gasteiger partial charge in [0.05, 0.1) is 6.61 Å². The van der Waals surface area contributed by atoms with Crippen LogP contribution < -0.4 is 5.73 Å². The van der Waals surface area contributed by atoms with Gasteiger partial charge in [-0.3, -0.25) is 4.90 Å². The molecule has 3 nitrogen and oxygen atoms in total. The molecule has 106 valence electrons. The van der Waals surface area contributed by atoms with Gasteiger partial charge in [-0.25, -0.2) is 0 Å². The van der Waals surface area contributed by atoms with Crippen LogP contribution >= 0.6 is 11.6 Å². The van der Waals surface area contributed by atoms with Gasteiger partial charge in [0.1, 0.15) is 0 Å². The van der Waals surface area contributed by atoms with Gasteiger partial charge < -0.3 is 10.5 Å². The Kier molecular flexibility index (Phi) is 4.85. The first-order valence-electron chi connectivity index (χ1n) is 6.80. The highest BCUT2D eigenvalue weighted by Crippen LogP contribution is 2.31. The molecule has 0 radical (unpaired) electrons. The number of hydrogen-bond donors (Lipinski definition) is 1. The van der Waals surface area contributed by atoms with Crippen molar-refractivity contribution in [3.63, 3.8) is 0 Å². The van der Waals surface area contributed by atoms with E-state index in [1.165, 1.54) is 5.56 Å². The van der Waals surface area contributed by atoms with Gasteiger partial charge >= 0.3 is 0 Å². The Morgan fingerprint density at radius 3 is 2.89 bits per heavy atom. The van der Waals surface area contributed by atoms with Gasteiger partial charge in [0.15, 0.2) is 0 Å². The minimum atomic E-state index is -0.0290. The zero-order chi connectivity index (χ0) is 13.9. The summed E-state index contributed by atoms with van der Waals surface area (Å²) in [4.78, 5) is 2.33. The van der Waals surface area contributed by atoms with Crippen LogP contribution in [0.1, 0.15) is 18.9 Å². The average Bonchev–Trinajstić information content (AvgIpc) is 2.92. The van der Waals surface area contributed by atoms with E-state index in [-0.39, 0.29) is 5.54 Å². The fourth-order valence-corrected chi connectivity index (χ4v) is 2.96. The molecule has 2 atom stereocenters. The highest BCUT2D eigenvalue weighted by atomic mass is 35.5. The van der Waals surface area contributed by atoms with Crippen molar-refractivity contribution in [2.24, 2.45) is 11.7 Å². The monoisotopic (exact) mass is 282 g/mol. The molecule has 1 saturated heterocycles. The Morgan fingerprint density at radius 2 is 2.32 bits per heavy atom. The summed E-state index contributed by atoms with van der Waals surface area (Å²) in [5.41, 5.74) is 7.24. The van der Waals surface area contributed by atoms with E-state index in [1.807, 2.05) is 18.2 Å². The number of likely N-dealkylation sites (N-methyl/N-ethyl adjacent to an activating group) is 1. The second kappa shape index (κ2) is 6.23. The number of rotatable bonds is 5. The lowest BCUT2D eigenvalue weighted by Crippen LogP contribution is -2.54. The standard InChI is InChI=1S/C15H23ClN2O/c1-15(11-17,13-6-7-19-10-13)18(2)9-12-4-3-5-14(16)8-12/h3-5,8,13H,6-7,9-11,17H2,1-2H3. The Bertz CT molecular complexity index is 420. The number of hydrogen-bond acceptors (Lipinski definition) is 3. The third kappa shape index (κ3) is 3.29. The highest BCUT2D eigenvalue weighted by Gasteiger charge is 2.38. The Morgan fingerprint density at radius 1 is 1.53 bits per heavy atom. The molecule has 2 N–H and O–H groups in total. The van der Waals surface area contributed by atoms with Gasteiger partial charge in [-0.1, -0.05) is 23.7 Å². The lowest BCUT2D eigenvalue weighted by atomic mass is 9.83. The van der Waals surface area contributed by atoms with Crippen LogP contribution in [-0.4, -0.2) is 37.2 Å². The summed E-state index contributed by atoms with van der Waals surface area (Å²) in [7, 11) is 2.13. The number of benzene rings is 1. The van der Waals surface area contributed by atoms with E-state index in [1.54, 1.807) is 0 Å². The molecule has 0 spiro atoms. The van der Waals surface area contributed by atoms with Crippen molar-refractivity contribution in [2.45, 2.75) is 25.4 Å². The molecule has 0 saturated carbocycles. The van der Waals surface area contributed by atoms with Gasteiger partial charge in [0, 0.05) is 36.2 Å². The molecule has 0 aliphatic carbocycles. The molecule has 1 heterocycles. The maximum atomic E-state index is 6.05. The fourth-order valence-electron chi connectivity index (χ4n) is 2.75. The molecular weight excluding hydrogens is 260 g/mol. The smallest absolute Gasteiger partial charge is 0.0513 e. The molecule has 0 aromatic heterocycles. The molecular formula is C15H23ClN2O. The van der Waals surface area contributed by atoms with Gasteiger partial charge in [-0.05, 0) is 38.1 Å². The second-order valence-corrected chi connectivity index (χ2v) is 6.04. The van der Waals surface area contributed by atoms with Crippen molar-refractivity contribution in [3.8, 4) is 0 Å². The summed E-state index contributed by atoms with van der Waals surface area (Å²) in [6.45, 7) is 5.39. The molecule has 1 aliphatic heterocycles. The second-order valence-electron chi connectivity index (χ2n) is 5.61. The third-order valence-corrected chi connectivity index (χ3v) is 4.64. The van der Waals surface area contributed by atoms with Crippen LogP contribution in [-0.2, 0) is 11.3 Å². The van der Waals surface area contributed by atoms with Crippen LogP contribution in [0.5, 0.6) is 0 Å². The summed E-state index contributed by atoms with van der Waals surface area (Å²) in [5, 5.41) is 0.782. The van der Waals surface area contributed by atoms with Crippen LogP contribution in [0, 0.1) is 5.92 Å². The number of halogens is 1. The SMILES string of the molecule is CN(Cc1cccc(Cl)c1)C(C)(CN)C1CCOC1. The minimum absolute atomic E-state index is 0.0290. The molecule has 0 bridgehead atoms. The van der Waals surface area contributed by atoms with E-state index in [4.69, 9.17) is 22.1 Å². The van der Waals surface area contributed by atoms with Crippen LogP contribution in [0.4, 0.5) is 0 Å². The van der Waals surface area contributed by atoms with Crippen LogP contribution in [0.3, 0.4) is 0 Å². The quantitative estimate of drug-likeness (QED) is 0.902. The molecule has 1 aromatic carbocycles. The van der Waals surface area contributed by atoms with Crippen molar-refractivity contribution in [1.29, 1.82) is 0 Å². The third-order valence-electron chi connectivity index (χ3n) is 4.40. The zero-order valence-electron chi connectivity index (χ0n) is 11.7. The topological polar surface area (TPSA) is 38.5 Å². The van der Waals surface area contributed by atoms with Crippen molar-refractivity contribution < 1.29 is 4.74 Å². The van der Waals surface area contributed by atoms with Crippen LogP contribution in [0.25, 0.3) is 0 Å². The molecule has 1 fully saturated rings. The summed E-state index contributed by atoms with van der Waals surface area (Å²) in [6.07, 6.45) is 1.09. The van der Waals surface area contributed by atoms with Crippen molar-refractivity contribution in [2.75, 3.05) is 26.8 Å². The largest absolute Gasteiger partial charge is 0.381 e. The molecule has 1 aromatic rings. The molecule has 4 heteroatoms. The van der Waals surface area contributed by atoms with E-state index in [0.717, 1.165) is 31.2 Å². The van der Waals surface area contributed by atoms with E-state index < -0.39 is 0 Å². The Balaban J connectivity index is 2.09. The van der Waals surface area contributed by atoms with E-state index in [2.05, 4.69) is 24.9 Å². The number of nitrogens with zero attached hydrogens (tertiary/aromatic N) is 1. The Hall–Kier alpha value is -0.610. The molecule has 2 rings (SSSR count). The number of ether oxygens (including phenoxy) is 1. The maximum Gasteiger partial charge on any atom is 0.0513 e. The van der Waals surface area contributed by atoms with Crippen molar-refractivity contribution in [3.05, 3.63) is 34.9 Å². The molecule has 19 heavy (non-hydrogen) atoms. The van der Waals surface area contributed by atoms with Crippen LogP contribution in [0.2, 0.25) is 5.02 Å². The van der Waals surface area contributed by atoms with E-state index in [9.17, 15) is 0 Å². The summed E-state index contributed by atoms with van der Waals surface area (Å²) in [5.74, 6) is 0.502. The summed E-state index contributed by atoms with van der Waals surface area (Å²) in [6, 6.07) is 8.01. The molecule has 2 unspecified atom stereocenters. The minimum Gasteiger partial charge on any atom is -0.381 e. The molecule has 1 aliphatic rings. The van der Waals surface area contributed by atoms with Gasteiger partial charge in [0.2, 0.25) is 0 Å². The first kappa shape index (κ1) is 14.8. The maximum absolute atomic E-state index is 6.05. The first-order valence-corrected chi connectivity index (χ1v) is 7.17. The highest BCUT2D eigenvalue weighted by molar-refractivity contribution is 6.30. The molecule has 0 amide bonds. The normalized spacial score (nSPS) is 22.7. The average molecular weight is 283 g/mol. The fraction of sp³-hybridized carbons (Fsp3) is 0.600. The van der Waals surface area contributed by atoms with E-state index in [0.29, 0.717) is 12.5 Å². The Labute approximate surface area is 120 Å². The lowest BCUT2D eigenvalue weighted by molar-refractivity contribution is 0.0609. The van der Waals surface area contributed by atoms with Gasteiger partial charge in [-0.15, -0.1) is 0 Å². The summed E-state index contributed by atoms with van der Waals surface area (Å²) >= 11 is 6.04. The predicted molar refractivity (Wildman–Crippen MR) is 79.3 cm³/mol. The first-order chi connectivity index (χ1) is 9.06.